The Balaban J connectivity index is 1.57. The molecule has 0 spiro atoms. The van der Waals surface area contributed by atoms with Crippen molar-refractivity contribution in [3.05, 3.63) is 29.8 Å². The number of hydrogen-bond acceptors (Lipinski definition) is 5. The minimum Gasteiger partial charge on any atom is -0.481 e. The van der Waals surface area contributed by atoms with Crippen LogP contribution in [-0.4, -0.2) is 43.3 Å². The second kappa shape index (κ2) is 7.67. The Morgan fingerprint density at radius 2 is 1.93 bits per heavy atom. The Labute approximate surface area is 158 Å². The molecule has 1 amide bonds. The number of carboxylic acid groups (broad SMARTS) is 1. The molecule has 0 saturated heterocycles. The Hall–Kier alpha value is -2.42. The van der Waals surface area contributed by atoms with E-state index in [1.54, 1.807) is 25.1 Å². The summed E-state index contributed by atoms with van der Waals surface area (Å²) in [4.78, 5) is 27.8. The Morgan fingerprint density at radius 1 is 1.26 bits per heavy atom. The molecule has 1 atom stereocenters. The number of amides is 1. The Bertz CT molecular complexity index is 873. The summed E-state index contributed by atoms with van der Waals surface area (Å²) in [5.74, 6) is -1.00. The van der Waals surface area contributed by atoms with E-state index in [-0.39, 0.29) is 35.0 Å². The van der Waals surface area contributed by atoms with E-state index in [2.05, 4.69) is 15.0 Å². The van der Waals surface area contributed by atoms with Crippen LogP contribution in [0, 0.1) is 5.92 Å². The third-order valence-corrected chi connectivity index (χ3v) is 6.33. The number of aliphatic carboxylic acids is 1. The van der Waals surface area contributed by atoms with E-state index in [4.69, 9.17) is 5.11 Å². The average molecular weight is 393 g/mol. The standard InChI is InChI=1S/C18H23N3O5S/c1-11(10-16(22)20-13-8-6-12(7-9-13)18(23)24)19-17-14-4-2-3-5-15(14)27(25,26)21-17/h2-5,11-13H,6-10H2,1H3,(H,19,21)(H,20,22)(H,23,24). The molecule has 1 aliphatic heterocycles. The number of fused-ring (bicyclic) bond motifs is 1. The highest BCUT2D eigenvalue weighted by molar-refractivity contribution is 7.90. The first-order chi connectivity index (χ1) is 12.8. The molecule has 1 aromatic rings. The number of nitrogens with zero attached hydrogens (tertiary/aromatic N) is 1. The molecule has 0 aromatic heterocycles. The number of carboxylic acids is 1. The third-order valence-electron chi connectivity index (χ3n) is 4.93. The van der Waals surface area contributed by atoms with Crippen LogP contribution >= 0.6 is 0 Å². The van der Waals surface area contributed by atoms with Crippen LogP contribution in [0.15, 0.2) is 34.2 Å². The second-order valence-electron chi connectivity index (χ2n) is 7.09. The van der Waals surface area contributed by atoms with Gasteiger partial charge in [0, 0.05) is 18.0 Å². The molecule has 27 heavy (non-hydrogen) atoms. The van der Waals surface area contributed by atoms with Crippen molar-refractivity contribution in [3.63, 3.8) is 0 Å². The zero-order valence-corrected chi connectivity index (χ0v) is 15.8. The molecule has 0 radical (unpaired) electrons. The van der Waals surface area contributed by atoms with Gasteiger partial charge in [-0.15, -0.1) is 0 Å². The molecule has 8 nitrogen and oxygen atoms in total. The van der Waals surface area contributed by atoms with E-state index in [1.165, 1.54) is 6.07 Å². The van der Waals surface area contributed by atoms with Crippen LogP contribution in [0.2, 0.25) is 0 Å². The van der Waals surface area contributed by atoms with Crippen LogP contribution in [0.1, 0.15) is 44.6 Å². The Kier molecular flexibility index (Phi) is 5.50. The predicted molar refractivity (Wildman–Crippen MR) is 98.9 cm³/mol. The first-order valence-electron chi connectivity index (χ1n) is 8.98. The minimum atomic E-state index is -3.59. The van der Waals surface area contributed by atoms with Crippen LogP contribution in [0.3, 0.4) is 0 Å². The number of hydrogen-bond donors (Lipinski definition) is 3. The molecule has 1 aromatic carbocycles. The highest BCUT2D eigenvalue weighted by Gasteiger charge is 2.31. The zero-order valence-electron chi connectivity index (χ0n) is 15.0. The summed E-state index contributed by atoms with van der Waals surface area (Å²) < 4.78 is 26.6. The number of rotatable bonds is 5. The van der Waals surface area contributed by atoms with Crippen molar-refractivity contribution < 1.29 is 23.1 Å². The molecule has 3 rings (SSSR count). The van der Waals surface area contributed by atoms with Gasteiger partial charge in [0.1, 0.15) is 5.84 Å². The van der Waals surface area contributed by atoms with E-state index in [0.29, 0.717) is 31.2 Å². The van der Waals surface area contributed by atoms with Gasteiger partial charge < -0.3 is 10.4 Å². The number of aliphatic imine (C=N–C) groups is 1. The third kappa shape index (κ3) is 4.47. The molecular formula is C18H23N3O5S. The second-order valence-corrected chi connectivity index (χ2v) is 8.74. The lowest BCUT2D eigenvalue weighted by molar-refractivity contribution is -0.142. The minimum absolute atomic E-state index is 0.0151. The van der Waals surface area contributed by atoms with Crippen LogP contribution in [0.5, 0.6) is 0 Å². The molecule has 9 heteroatoms. The van der Waals surface area contributed by atoms with Gasteiger partial charge in [0.25, 0.3) is 10.0 Å². The number of carbonyl (C=O) groups excluding carboxylic acids is 1. The summed E-state index contributed by atoms with van der Waals surface area (Å²) in [6, 6.07) is 6.17. The van der Waals surface area contributed by atoms with E-state index in [1.807, 2.05) is 0 Å². The lowest BCUT2D eigenvalue weighted by atomic mass is 9.86. The highest BCUT2D eigenvalue weighted by Crippen LogP contribution is 2.25. The van der Waals surface area contributed by atoms with Gasteiger partial charge in [-0.05, 0) is 44.7 Å². The predicted octanol–water partition coefficient (Wildman–Crippen LogP) is 1.26. The fourth-order valence-corrected chi connectivity index (χ4v) is 4.77. The fraction of sp³-hybridized carbons (Fsp3) is 0.500. The number of sulfonamides is 1. The topological polar surface area (TPSA) is 125 Å². The summed E-state index contributed by atoms with van der Waals surface area (Å²) in [5, 5.41) is 11.9. The first kappa shape index (κ1) is 19.3. The SMILES string of the molecule is CC(CC(=O)NC1CCC(C(=O)O)CC1)N=C1NS(=O)(=O)c2ccccc21. The maximum atomic E-state index is 12.2. The van der Waals surface area contributed by atoms with Crippen LogP contribution in [0.25, 0.3) is 0 Å². The summed E-state index contributed by atoms with van der Waals surface area (Å²) in [6.07, 6.45) is 2.57. The van der Waals surface area contributed by atoms with Crippen molar-refractivity contribution in [1.82, 2.24) is 10.0 Å². The van der Waals surface area contributed by atoms with Crippen molar-refractivity contribution in [2.45, 2.75) is 56.0 Å². The summed E-state index contributed by atoms with van der Waals surface area (Å²) in [6.45, 7) is 1.75. The van der Waals surface area contributed by atoms with Gasteiger partial charge in [-0.1, -0.05) is 12.1 Å². The number of nitrogens with one attached hydrogen (secondary N) is 2. The molecule has 1 unspecified atom stereocenters. The van der Waals surface area contributed by atoms with Crippen molar-refractivity contribution in [2.75, 3.05) is 0 Å². The van der Waals surface area contributed by atoms with Crippen molar-refractivity contribution in [3.8, 4) is 0 Å². The molecule has 146 valence electrons. The summed E-state index contributed by atoms with van der Waals surface area (Å²) >= 11 is 0. The van der Waals surface area contributed by atoms with Crippen LogP contribution in [0.4, 0.5) is 0 Å². The van der Waals surface area contributed by atoms with Gasteiger partial charge >= 0.3 is 5.97 Å². The molecule has 3 N–H and O–H groups in total. The highest BCUT2D eigenvalue weighted by atomic mass is 32.2. The molecule has 2 aliphatic rings. The number of benzene rings is 1. The lowest BCUT2D eigenvalue weighted by Gasteiger charge is -2.27. The zero-order chi connectivity index (χ0) is 19.6. The van der Waals surface area contributed by atoms with Crippen molar-refractivity contribution in [1.29, 1.82) is 0 Å². The van der Waals surface area contributed by atoms with E-state index < -0.39 is 22.0 Å². The van der Waals surface area contributed by atoms with Gasteiger partial charge in [-0.3, -0.25) is 19.3 Å². The van der Waals surface area contributed by atoms with Gasteiger partial charge in [-0.2, -0.15) is 0 Å². The molecule has 1 saturated carbocycles. The smallest absolute Gasteiger partial charge is 0.306 e. The Morgan fingerprint density at radius 3 is 2.59 bits per heavy atom. The van der Waals surface area contributed by atoms with Crippen LogP contribution < -0.4 is 10.0 Å². The van der Waals surface area contributed by atoms with Crippen LogP contribution in [-0.2, 0) is 19.6 Å². The number of amidine groups is 1. The monoisotopic (exact) mass is 393 g/mol. The average Bonchev–Trinajstić information content (AvgIpc) is 2.86. The van der Waals surface area contributed by atoms with Gasteiger partial charge in [0.15, 0.2) is 0 Å². The molecule has 0 bridgehead atoms. The number of carbonyl (C=O) groups is 2. The van der Waals surface area contributed by atoms with Crippen molar-refractivity contribution >= 4 is 27.7 Å². The van der Waals surface area contributed by atoms with Crippen molar-refractivity contribution in [2.24, 2.45) is 10.9 Å². The van der Waals surface area contributed by atoms with E-state index in [9.17, 15) is 18.0 Å². The summed E-state index contributed by atoms with van der Waals surface area (Å²) in [5.41, 5.74) is 0.511. The van der Waals surface area contributed by atoms with Gasteiger partial charge in [-0.25, -0.2) is 8.42 Å². The maximum absolute atomic E-state index is 12.2. The fourth-order valence-electron chi connectivity index (χ4n) is 3.54. The van der Waals surface area contributed by atoms with E-state index in [0.717, 1.165) is 0 Å². The largest absolute Gasteiger partial charge is 0.481 e. The lowest BCUT2D eigenvalue weighted by Crippen LogP contribution is -2.39. The van der Waals surface area contributed by atoms with Gasteiger partial charge in [0.05, 0.1) is 16.9 Å². The summed E-state index contributed by atoms with van der Waals surface area (Å²) in [7, 11) is -3.59. The van der Waals surface area contributed by atoms with Gasteiger partial charge in [0.2, 0.25) is 5.91 Å². The first-order valence-corrected chi connectivity index (χ1v) is 10.5. The normalized spacial score (nSPS) is 26.0. The molecule has 1 aliphatic carbocycles. The molecule has 1 fully saturated rings. The molecule has 1 heterocycles. The molecular weight excluding hydrogens is 370 g/mol. The van der Waals surface area contributed by atoms with E-state index >= 15 is 0 Å². The maximum Gasteiger partial charge on any atom is 0.306 e. The quantitative estimate of drug-likeness (QED) is 0.695.